The molecule has 1 atom stereocenters. The fourth-order valence-corrected chi connectivity index (χ4v) is 3.33. The molecule has 0 aliphatic carbocycles. The van der Waals surface area contributed by atoms with Gasteiger partial charge in [0.15, 0.2) is 0 Å². The highest BCUT2D eigenvalue weighted by molar-refractivity contribution is 5.72. The lowest BCUT2D eigenvalue weighted by Gasteiger charge is -2.34. The number of nitrogens with zero attached hydrogens (tertiary/aromatic N) is 2. The van der Waals surface area contributed by atoms with Crippen LogP contribution in [0.25, 0.3) is 0 Å². The van der Waals surface area contributed by atoms with E-state index < -0.39 is 6.17 Å². The lowest BCUT2D eigenvalue weighted by molar-refractivity contribution is -0.119. The van der Waals surface area contributed by atoms with Crippen LogP contribution in [0.3, 0.4) is 0 Å². The topological polar surface area (TPSA) is 93.8 Å². The standard InChI is InChI=1S/C24H49FN4O6.C2H6/c1-22(2)26-4-11-31-14-16-33-18-19-34-17-15-32-12-9-28-5-7-29(8-6-28)10-13-35-21-24(25)20-27-23(3)30;1-2/h22,24,26H,4-21H2,1-3H3,(H,27,30);1-2H3. The number of hydrogen-bond acceptors (Lipinski definition) is 9. The quantitative estimate of drug-likeness (QED) is 0.186. The average Bonchev–Trinajstić information content (AvgIpc) is 2.89. The van der Waals surface area contributed by atoms with Crippen molar-refractivity contribution < 1.29 is 32.9 Å². The molecule has 0 spiro atoms. The van der Waals surface area contributed by atoms with Crippen LogP contribution in [0.15, 0.2) is 0 Å². The molecule has 0 radical (unpaired) electrons. The van der Waals surface area contributed by atoms with Gasteiger partial charge >= 0.3 is 0 Å². The highest BCUT2D eigenvalue weighted by Crippen LogP contribution is 2.02. The van der Waals surface area contributed by atoms with E-state index in [0.29, 0.717) is 65.5 Å². The summed E-state index contributed by atoms with van der Waals surface area (Å²) in [5.41, 5.74) is 0. The predicted octanol–water partition coefficient (Wildman–Crippen LogP) is 1.19. The molecular weight excluding hydrogens is 483 g/mol. The van der Waals surface area contributed by atoms with Crippen LogP contribution in [-0.4, -0.2) is 146 Å². The largest absolute Gasteiger partial charge is 0.378 e. The Kier molecular flexibility index (Phi) is 26.0. The Morgan fingerprint density at radius 2 is 1.19 bits per heavy atom. The van der Waals surface area contributed by atoms with Crippen molar-refractivity contribution in [3.8, 4) is 0 Å². The van der Waals surface area contributed by atoms with Crippen molar-refractivity contribution in [2.24, 2.45) is 0 Å². The monoisotopic (exact) mass is 538 g/mol. The van der Waals surface area contributed by atoms with Crippen molar-refractivity contribution in [3.05, 3.63) is 0 Å². The lowest BCUT2D eigenvalue weighted by atomic mass is 10.3. The molecule has 2 N–H and O–H groups in total. The molecule has 0 aromatic rings. The lowest BCUT2D eigenvalue weighted by Crippen LogP contribution is -2.48. The normalized spacial score (nSPS) is 15.4. The molecule has 1 unspecified atom stereocenters. The van der Waals surface area contributed by atoms with E-state index in [1.807, 2.05) is 13.8 Å². The van der Waals surface area contributed by atoms with Crippen LogP contribution in [0.4, 0.5) is 4.39 Å². The third-order valence-corrected chi connectivity index (χ3v) is 5.35. The maximum Gasteiger partial charge on any atom is 0.216 e. The molecular formula is C26H55FN4O6. The summed E-state index contributed by atoms with van der Waals surface area (Å²) in [6.07, 6.45) is -1.16. The van der Waals surface area contributed by atoms with Crippen molar-refractivity contribution in [3.63, 3.8) is 0 Å². The van der Waals surface area contributed by atoms with Crippen molar-refractivity contribution in [2.45, 2.75) is 46.8 Å². The summed E-state index contributed by atoms with van der Waals surface area (Å²) >= 11 is 0. The first kappa shape index (κ1) is 36.1. The van der Waals surface area contributed by atoms with Crippen LogP contribution in [0.1, 0.15) is 34.6 Å². The van der Waals surface area contributed by atoms with Crippen LogP contribution in [0.5, 0.6) is 0 Å². The van der Waals surface area contributed by atoms with E-state index >= 15 is 0 Å². The van der Waals surface area contributed by atoms with E-state index in [4.69, 9.17) is 23.7 Å². The summed E-state index contributed by atoms with van der Waals surface area (Å²) in [5, 5.41) is 5.75. The van der Waals surface area contributed by atoms with Crippen LogP contribution >= 0.6 is 0 Å². The number of nitrogens with one attached hydrogen (secondary N) is 2. The van der Waals surface area contributed by atoms with E-state index in [9.17, 15) is 9.18 Å². The Labute approximate surface area is 224 Å². The molecule has 1 rings (SSSR count). The minimum absolute atomic E-state index is 0.00368. The molecule has 1 amide bonds. The second-order valence-electron chi connectivity index (χ2n) is 8.85. The summed E-state index contributed by atoms with van der Waals surface area (Å²) in [5.74, 6) is -0.228. The summed E-state index contributed by atoms with van der Waals surface area (Å²) in [7, 11) is 0. The molecule has 11 heteroatoms. The summed E-state index contributed by atoms with van der Waals surface area (Å²) in [6.45, 7) is 21.5. The Bertz CT molecular complexity index is 500. The van der Waals surface area contributed by atoms with Gasteiger partial charge in [0.2, 0.25) is 5.91 Å². The van der Waals surface area contributed by atoms with Gasteiger partial charge in [-0.25, -0.2) is 4.39 Å². The van der Waals surface area contributed by atoms with Gasteiger partial charge in [0, 0.05) is 58.8 Å². The molecule has 1 heterocycles. The van der Waals surface area contributed by atoms with E-state index in [1.54, 1.807) is 0 Å². The van der Waals surface area contributed by atoms with Crippen LogP contribution in [0, 0.1) is 0 Å². The third-order valence-electron chi connectivity index (χ3n) is 5.35. The maximum absolute atomic E-state index is 13.5. The van der Waals surface area contributed by atoms with Gasteiger partial charge in [-0.2, -0.15) is 0 Å². The molecule has 0 aromatic carbocycles. The molecule has 0 aromatic heterocycles. The second-order valence-corrected chi connectivity index (χ2v) is 8.85. The van der Waals surface area contributed by atoms with E-state index in [2.05, 4.69) is 34.3 Å². The molecule has 1 saturated heterocycles. The highest BCUT2D eigenvalue weighted by Gasteiger charge is 2.16. The SMILES string of the molecule is CC.CC(=O)NCC(F)COCCN1CCN(CCOCCOCCOCCOCCNC(C)C)CC1. The maximum atomic E-state index is 13.5. The number of hydrogen-bond donors (Lipinski definition) is 2. The van der Waals surface area contributed by atoms with E-state index in [0.717, 1.165) is 45.8 Å². The Morgan fingerprint density at radius 1 is 0.757 bits per heavy atom. The minimum atomic E-state index is -1.16. The number of halogens is 1. The molecule has 222 valence electrons. The molecule has 1 aliphatic heterocycles. The first-order valence-electron chi connectivity index (χ1n) is 13.9. The number of ether oxygens (including phenoxy) is 5. The van der Waals surface area contributed by atoms with Crippen molar-refractivity contribution in [2.75, 3.05) is 118 Å². The van der Waals surface area contributed by atoms with Crippen LogP contribution < -0.4 is 10.6 Å². The molecule has 10 nitrogen and oxygen atoms in total. The average molecular weight is 539 g/mol. The second kappa shape index (κ2) is 26.7. The number of rotatable bonds is 23. The smallest absolute Gasteiger partial charge is 0.216 e. The number of carbonyl (C=O) groups is 1. The molecule has 1 aliphatic rings. The Morgan fingerprint density at radius 3 is 1.65 bits per heavy atom. The number of piperazine rings is 1. The van der Waals surface area contributed by atoms with Crippen molar-refractivity contribution >= 4 is 5.91 Å². The minimum Gasteiger partial charge on any atom is -0.378 e. The third kappa shape index (κ3) is 25.1. The Balaban J connectivity index is 0.00000631. The number of carbonyl (C=O) groups excluding carboxylic acids is 1. The zero-order chi connectivity index (χ0) is 27.6. The van der Waals surface area contributed by atoms with Crippen molar-refractivity contribution in [1.82, 2.24) is 20.4 Å². The van der Waals surface area contributed by atoms with Crippen LogP contribution in [0.2, 0.25) is 0 Å². The van der Waals surface area contributed by atoms with Gasteiger partial charge in [0.05, 0.1) is 72.6 Å². The zero-order valence-corrected chi connectivity index (χ0v) is 24.1. The van der Waals surface area contributed by atoms with Gasteiger partial charge < -0.3 is 34.3 Å². The first-order chi connectivity index (χ1) is 18.0. The van der Waals surface area contributed by atoms with Gasteiger partial charge in [-0.05, 0) is 0 Å². The number of amides is 1. The summed E-state index contributed by atoms with van der Waals surface area (Å²) in [6, 6.07) is 0.484. The van der Waals surface area contributed by atoms with Gasteiger partial charge in [0.1, 0.15) is 6.17 Å². The van der Waals surface area contributed by atoms with Crippen LogP contribution in [-0.2, 0) is 28.5 Å². The van der Waals surface area contributed by atoms with Crippen molar-refractivity contribution in [1.29, 1.82) is 0 Å². The van der Waals surface area contributed by atoms with Gasteiger partial charge in [0.25, 0.3) is 0 Å². The van der Waals surface area contributed by atoms with Gasteiger partial charge in [-0.3, -0.25) is 14.6 Å². The number of alkyl halides is 1. The van der Waals surface area contributed by atoms with Gasteiger partial charge in [-0.1, -0.05) is 27.7 Å². The Hall–Kier alpha value is -0.920. The first-order valence-corrected chi connectivity index (χ1v) is 13.9. The van der Waals surface area contributed by atoms with E-state index in [-0.39, 0.29) is 19.1 Å². The molecule has 1 fully saturated rings. The fourth-order valence-electron chi connectivity index (χ4n) is 3.33. The zero-order valence-electron chi connectivity index (χ0n) is 24.1. The summed E-state index contributed by atoms with van der Waals surface area (Å²) in [4.78, 5) is 15.5. The highest BCUT2D eigenvalue weighted by atomic mass is 19.1. The fraction of sp³-hybridized carbons (Fsp3) is 0.962. The van der Waals surface area contributed by atoms with E-state index in [1.165, 1.54) is 6.92 Å². The molecule has 0 saturated carbocycles. The molecule has 0 bridgehead atoms. The summed E-state index contributed by atoms with van der Waals surface area (Å²) < 4.78 is 41.1. The molecule has 37 heavy (non-hydrogen) atoms. The van der Waals surface area contributed by atoms with Gasteiger partial charge in [-0.15, -0.1) is 0 Å². The predicted molar refractivity (Wildman–Crippen MR) is 145 cm³/mol.